The summed E-state index contributed by atoms with van der Waals surface area (Å²) in [6, 6.07) is 7.45. The number of benzene rings is 1. The van der Waals surface area contributed by atoms with E-state index in [-0.39, 0.29) is 11.8 Å². The van der Waals surface area contributed by atoms with Gasteiger partial charge in [0, 0.05) is 38.8 Å². The van der Waals surface area contributed by atoms with Crippen molar-refractivity contribution in [1.29, 1.82) is 0 Å². The Balaban J connectivity index is 1.66. The lowest BCUT2D eigenvalue weighted by Gasteiger charge is -2.17. The average molecular weight is 422 g/mol. The Morgan fingerprint density at radius 3 is 3.00 bits per heavy atom. The first-order valence-electron chi connectivity index (χ1n) is 10.4. The van der Waals surface area contributed by atoms with Gasteiger partial charge in [0.1, 0.15) is 23.5 Å². The van der Waals surface area contributed by atoms with Crippen molar-refractivity contribution in [2.24, 2.45) is 4.99 Å². The lowest BCUT2D eigenvalue weighted by molar-refractivity contribution is -0.130. The van der Waals surface area contributed by atoms with Crippen LogP contribution in [-0.2, 0) is 4.79 Å². The van der Waals surface area contributed by atoms with Gasteiger partial charge in [-0.25, -0.2) is 9.97 Å². The number of nitrogens with zero attached hydrogens (tertiary/aromatic N) is 4. The molecule has 0 saturated heterocycles. The molecule has 0 radical (unpaired) electrons. The van der Waals surface area contributed by atoms with Crippen LogP contribution >= 0.6 is 0 Å². The molecule has 3 N–H and O–H groups in total. The molecule has 0 fully saturated rings. The van der Waals surface area contributed by atoms with Crippen LogP contribution < -0.4 is 10.1 Å². The minimum Gasteiger partial charge on any atom is -0.494 e. The van der Waals surface area contributed by atoms with Crippen molar-refractivity contribution < 1.29 is 14.6 Å². The van der Waals surface area contributed by atoms with Crippen molar-refractivity contribution >= 4 is 34.7 Å². The SMILES string of the molecule is CN1CCCNc2ncnc3[nH]c(O)c(c23)C=Nc2cccc(c2)OCCCCC1=O. The number of amides is 1. The molecule has 0 spiro atoms. The molecular formula is C22H26N6O3. The second kappa shape index (κ2) is 9.46. The first-order valence-corrected chi connectivity index (χ1v) is 10.4. The second-order valence-corrected chi connectivity index (χ2v) is 7.49. The molecule has 1 aromatic carbocycles. The molecule has 2 aromatic heterocycles. The van der Waals surface area contributed by atoms with E-state index in [1.807, 2.05) is 31.3 Å². The summed E-state index contributed by atoms with van der Waals surface area (Å²) in [5, 5.41) is 14.4. The number of fused-ring (bicyclic) bond motifs is 2. The van der Waals surface area contributed by atoms with E-state index in [2.05, 4.69) is 25.3 Å². The van der Waals surface area contributed by atoms with Crippen molar-refractivity contribution in [1.82, 2.24) is 19.9 Å². The van der Waals surface area contributed by atoms with Gasteiger partial charge < -0.3 is 25.0 Å². The van der Waals surface area contributed by atoms with E-state index < -0.39 is 0 Å². The van der Waals surface area contributed by atoms with Gasteiger partial charge in [-0.1, -0.05) is 6.07 Å². The summed E-state index contributed by atoms with van der Waals surface area (Å²) < 4.78 is 5.81. The topological polar surface area (TPSA) is 116 Å². The van der Waals surface area contributed by atoms with Crippen molar-refractivity contribution in [2.75, 3.05) is 32.1 Å². The lowest BCUT2D eigenvalue weighted by atomic mass is 10.2. The molecule has 31 heavy (non-hydrogen) atoms. The number of hydrogen-bond acceptors (Lipinski definition) is 7. The smallest absolute Gasteiger partial charge is 0.222 e. The van der Waals surface area contributed by atoms with E-state index in [0.717, 1.165) is 19.3 Å². The number of hydrogen-bond donors (Lipinski definition) is 3. The number of nitrogens with one attached hydrogen (secondary N) is 2. The van der Waals surface area contributed by atoms with E-state index in [1.165, 1.54) is 6.33 Å². The van der Waals surface area contributed by atoms with E-state index in [9.17, 15) is 9.90 Å². The predicted octanol–water partition coefficient (Wildman–Crippen LogP) is 3.24. The summed E-state index contributed by atoms with van der Waals surface area (Å²) >= 11 is 0. The highest BCUT2D eigenvalue weighted by Crippen LogP contribution is 2.30. The number of aromatic nitrogens is 3. The first kappa shape index (κ1) is 20.6. The van der Waals surface area contributed by atoms with Gasteiger partial charge in [-0.05, 0) is 31.4 Å². The monoisotopic (exact) mass is 422 g/mol. The fourth-order valence-corrected chi connectivity index (χ4v) is 3.49. The van der Waals surface area contributed by atoms with Crippen LogP contribution in [0.25, 0.3) is 11.0 Å². The van der Waals surface area contributed by atoms with Gasteiger partial charge in [-0.15, -0.1) is 0 Å². The van der Waals surface area contributed by atoms with Crippen LogP contribution in [0.15, 0.2) is 35.6 Å². The molecule has 1 aliphatic heterocycles. The largest absolute Gasteiger partial charge is 0.494 e. The minimum atomic E-state index is -0.0223. The van der Waals surface area contributed by atoms with Gasteiger partial charge >= 0.3 is 0 Å². The highest BCUT2D eigenvalue weighted by atomic mass is 16.5. The highest BCUT2D eigenvalue weighted by molar-refractivity contribution is 6.06. The molecule has 9 heteroatoms. The van der Waals surface area contributed by atoms with Crippen LogP contribution in [0, 0.1) is 0 Å². The molecule has 2 bridgehead atoms. The first-order chi connectivity index (χ1) is 15.1. The predicted molar refractivity (Wildman–Crippen MR) is 119 cm³/mol. The molecule has 0 atom stereocenters. The van der Waals surface area contributed by atoms with Crippen LogP contribution in [0.5, 0.6) is 11.6 Å². The highest BCUT2D eigenvalue weighted by Gasteiger charge is 2.15. The fourth-order valence-electron chi connectivity index (χ4n) is 3.49. The zero-order valence-corrected chi connectivity index (χ0v) is 17.5. The molecule has 0 saturated carbocycles. The third-order valence-electron chi connectivity index (χ3n) is 5.21. The number of carbonyl (C=O) groups excluding carboxylic acids is 1. The molecule has 0 unspecified atom stereocenters. The van der Waals surface area contributed by atoms with Gasteiger partial charge in [0.25, 0.3) is 0 Å². The van der Waals surface area contributed by atoms with Crippen molar-refractivity contribution in [3.05, 3.63) is 36.2 Å². The van der Waals surface area contributed by atoms with E-state index in [1.54, 1.807) is 11.1 Å². The van der Waals surface area contributed by atoms with Crippen molar-refractivity contribution in [3.8, 4) is 11.6 Å². The molecule has 1 amide bonds. The normalized spacial score (nSPS) is 16.2. The molecule has 0 aliphatic carbocycles. The number of aromatic hydroxyl groups is 1. The van der Waals surface area contributed by atoms with Crippen molar-refractivity contribution in [2.45, 2.75) is 25.7 Å². The Labute approximate surface area is 180 Å². The number of aromatic amines is 1. The van der Waals surface area contributed by atoms with E-state index in [4.69, 9.17) is 4.74 Å². The molecule has 162 valence electrons. The molecule has 3 aromatic rings. The Morgan fingerprint density at radius 2 is 2.10 bits per heavy atom. The Morgan fingerprint density at radius 1 is 1.19 bits per heavy atom. The molecular weight excluding hydrogens is 396 g/mol. The third-order valence-corrected chi connectivity index (χ3v) is 5.21. The minimum absolute atomic E-state index is 0.0223. The standard InChI is InChI=1S/C22H26N6O3/c1-28-10-5-9-23-20-19-17(22(30)27-21(19)26-14-25-20)13-24-15-6-4-7-16(12-15)31-11-3-2-8-18(28)29/h4,6-7,12-14,30H,2-3,5,8-11H2,1H3,(H2,23,25,26,27). The average Bonchev–Trinajstić information content (AvgIpc) is 3.10. The van der Waals surface area contributed by atoms with Gasteiger partial charge in [0.15, 0.2) is 5.88 Å². The Bertz CT molecular complexity index is 1090. The van der Waals surface area contributed by atoms with Crippen LogP contribution in [0.4, 0.5) is 11.5 Å². The zero-order valence-electron chi connectivity index (χ0n) is 17.5. The van der Waals surface area contributed by atoms with Gasteiger partial charge in [0.2, 0.25) is 5.91 Å². The van der Waals surface area contributed by atoms with Crippen LogP contribution in [0.1, 0.15) is 31.2 Å². The third kappa shape index (κ3) is 4.93. The second-order valence-electron chi connectivity index (χ2n) is 7.49. The molecule has 1 aliphatic rings. The number of ether oxygens (including phenoxy) is 1. The quantitative estimate of drug-likeness (QED) is 0.512. The maximum Gasteiger partial charge on any atom is 0.222 e. The van der Waals surface area contributed by atoms with Gasteiger partial charge in [-0.3, -0.25) is 9.79 Å². The number of H-pyrrole nitrogens is 1. The van der Waals surface area contributed by atoms with Crippen LogP contribution in [-0.4, -0.2) is 63.8 Å². The number of carbonyl (C=O) groups is 1. The van der Waals surface area contributed by atoms with Crippen LogP contribution in [0.2, 0.25) is 0 Å². The summed E-state index contributed by atoms with van der Waals surface area (Å²) in [5.41, 5.74) is 1.73. The zero-order chi connectivity index (χ0) is 21.6. The summed E-state index contributed by atoms with van der Waals surface area (Å²) in [7, 11) is 1.83. The van der Waals surface area contributed by atoms with Crippen LogP contribution in [0.3, 0.4) is 0 Å². The number of rotatable bonds is 0. The maximum atomic E-state index is 12.3. The number of aliphatic imine (C=N–C) groups is 1. The fraction of sp³-hybridized carbons (Fsp3) is 0.364. The van der Waals surface area contributed by atoms with Gasteiger partial charge in [-0.2, -0.15) is 0 Å². The molecule has 3 heterocycles. The number of anilines is 1. The Hall–Kier alpha value is -3.62. The molecule has 9 nitrogen and oxygen atoms in total. The van der Waals surface area contributed by atoms with Crippen molar-refractivity contribution in [3.63, 3.8) is 0 Å². The van der Waals surface area contributed by atoms with E-state index >= 15 is 0 Å². The Kier molecular flexibility index (Phi) is 6.30. The molecule has 4 rings (SSSR count). The maximum absolute atomic E-state index is 12.3. The van der Waals surface area contributed by atoms with Gasteiger partial charge in [0.05, 0.1) is 23.2 Å². The van der Waals surface area contributed by atoms with E-state index in [0.29, 0.717) is 60.0 Å². The lowest BCUT2D eigenvalue weighted by Crippen LogP contribution is -2.28. The summed E-state index contributed by atoms with van der Waals surface area (Å²) in [6.07, 6.45) is 5.90. The summed E-state index contributed by atoms with van der Waals surface area (Å²) in [4.78, 5) is 30.0. The summed E-state index contributed by atoms with van der Waals surface area (Å²) in [6.45, 7) is 1.81. The summed E-state index contributed by atoms with van der Waals surface area (Å²) in [5.74, 6) is 1.43.